The molecule has 3 atom stereocenters. The fraction of sp³-hybridized carbons (Fsp3) is 0.435. The van der Waals surface area contributed by atoms with Gasteiger partial charge in [0.05, 0.1) is 19.3 Å². The molecule has 0 aliphatic carbocycles. The van der Waals surface area contributed by atoms with E-state index in [1.807, 2.05) is 24.3 Å². The minimum absolute atomic E-state index is 0. The van der Waals surface area contributed by atoms with Gasteiger partial charge in [-0.05, 0) is 56.4 Å². The van der Waals surface area contributed by atoms with Gasteiger partial charge in [-0.15, -0.1) is 12.4 Å². The van der Waals surface area contributed by atoms with Crippen molar-refractivity contribution in [1.29, 1.82) is 0 Å². The maximum absolute atomic E-state index is 12.9. The van der Waals surface area contributed by atoms with E-state index in [9.17, 15) is 4.79 Å². The topological polar surface area (TPSA) is 73.6 Å². The number of nitrogens with two attached hydrogens (primary N) is 1. The lowest BCUT2D eigenvalue weighted by molar-refractivity contribution is -0.132. The van der Waals surface area contributed by atoms with Gasteiger partial charge in [-0.25, -0.2) is 0 Å². The zero-order valence-corrected chi connectivity index (χ0v) is 18.1. The number of nitrogens with one attached hydrogen (secondary N) is 1. The first kappa shape index (κ1) is 23.2. The Hall–Kier alpha value is -2.08. The number of methoxy groups -OCH3 is 1. The quantitative estimate of drug-likeness (QED) is 0.719. The number of benzene rings is 2. The van der Waals surface area contributed by atoms with Gasteiger partial charge in [0.1, 0.15) is 11.9 Å². The lowest BCUT2D eigenvalue weighted by Crippen LogP contribution is -2.38. The zero-order valence-electron chi connectivity index (χ0n) is 17.3. The van der Waals surface area contributed by atoms with Crippen LogP contribution in [0.15, 0.2) is 42.5 Å². The normalized spacial score (nSPS) is 19.3. The van der Waals surface area contributed by atoms with Gasteiger partial charge in [0.25, 0.3) is 0 Å². The van der Waals surface area contributed by atoms with Gasteiger partial charge in [0.2, 0.25) is 5.91 Å². The molecule has 5 nitrogen and oxygen atoms in total. The van der Waals surface area contributed by atoms with Crippen LogP contribution in [0.25, 0.3) is 0 Å². The highest BCUT2D eigenvalue weighted by Gasteiger charge is 2.31. The second kappa shape index (κ2) is 10.6. The van der Waals surface area contributed by atoms with E-state index in [4.69, 9.17) is 15.2 Å². The maximum Gasteiger partial charge on any atom is 0.249 e. The molecule has 0 saturated carbocycles. The summed E-state index contributed by atoms with van der Waals surface area (Å²) in [5.41, 5.74) is 10.3. The summed E-state index contributed by atoms with van der Waals surface area (Å²) in [6.07, 6.45) is 1.79. The van der Waals surface area contributed by atoms with E-state index in [1.54, 1.807) is 7.11 Å². The zero-order chi connectivity index (χ0) is 20.1. The summed E-state index contributed by atoms with van der Waals surface area (Å²) in [7, 11) is 1.65. The third-order valence-electron chi connectivity index (χ3n) is 5.20. The van der Waals surface area contributed by atoms with Crippen molar-refractivity contribution < 1.29 is 14.3 Å². The van der Waals surface area contributed by atoms with Gasteiger partial charge < -0.3 is 20.5 Å². The molecule has 1 fully saturated rings. The number of aryl methyl sites for hydroxylation is 2. The molecule has 1 unspecified atom stereocenters. The SMILES string of the molecule is COc1cccc(C(Cc2cc(C)cc(C)c2)NC(=O)[C@@H]2CC[C@H](CN)O2)c1.Cl. The highest BCUT2D eigenvalue weighted by molar-refractivity contribution is 5.85. The molecule has 3 rings (SSSR count). The van der Waals surface area contributed by atoms with E-state index in [0.717, 1.165) is 17.7 Å². The van der Waals surface area contributed by atoms with E-state index in [2.05, 4.69) is 37.4 Å². The van der Waals surface area contributed by atoms with Crippen molar-refractivity contribution in [2.75, 3.05) is 13.7 Å². The van der Waals surface area contributed by atoms with E-state index >= 15 is 0 Å². The molecule has 2 aromatic rings. The predicted octanol–water partition coefficient (Wildman–Crippen LogP) is 3.64. The molecule has 3 N–H and O–H groups in total. The molecule has 1 amide bonds. The second-order valence-corrected chi connectivity index (χ2v) is 7.60. The summed E-state index contributed by atoms with van der Waals surface area (Å²) in [5.74, 6) is 0.700. The standard InChI is InChI=1S/C23H30N2O3.ClH/c1-15-9-16(2)11-17(10-15)12-21(18-5-4-6-19(13-18)27-3)25-23(26)22-8-7-20(14-24)28-22;/h4-6,9-11,13,20-22H,7-8,12,14,24H2,1-3H3,(H,25,26);1H/t20-,21?,22+;/m1./s1. The summed E-state index contributed by atoms with van der Waals surface area (Å²) >= 11 is 0. The van der Waals surface area contributed by atoms with Gasteiger partial charge in [0.15, 0.2) is 0 Å². The van der Waals surface area contributed by atoms with Crippen LogP contribution in [0, 0.1) is 13.8 Å². The van der Waals surface area contributed by atoms with E-state index in [-0.39, 0.29) is 30.5 Å². The molecule has 29 heavy (non-hydrogen) atoms. The summed E-state index contributed by atoms with van der Waals surface area (Å²) in [6, 6.07) is 14.2. The molecule has 1 heterocycles. The Kier molecular flexibility index (Phi) is 8.50. The number of halogens is 1. The second-order valence-electron chi connectivity index (χ2n) is 7.60. The Labute approximate surface area is 179 Å². The number of carbonyl (C=O) groups excluding carboxylic acids is 1. The third kappa shape index (κ3) is 6.20. The number of amides is 1. The van der Waals surface area contributed by atoms with Crippen LogP contribution in [-0.2, 0) is 16.0 Å². The van der Waals surface area contributed by atoms with E-state index in [1.165, 1.54) is 16.7 Å². The smallest absolute Gasteiger partial charge is 0.249 e. The van der Waals surface area contributed by atoms with Crippen LogP contribution in [0.1, 0.15) is 41.1 Å². The van der Waals surface area contributed by atoms with Crippen molar-refractivity contribution in [2.45, 2.75) is 51.4 Å². The molecule has 1 saturated heterocycles. The third-order valence-corrected chi connectivity index (χ3v) is 5.20. The van der Waals surface area contributed by atoms with Crippen molar-refractivity contribution in [3.05, 3.63) is 64.7 Å². The largest absolute Gasteiger partial charge is 0.497 e. The highest BCUT2D eigenvalue weighted by atomic mass is 35.5. The number of carbonyl (C=O) groups is 1. The van der Waals surface area contributed by atoms with Crippen molar-refractivity contribution in [1.82, 2.24) is 5.32 Å². The Morgan fingerprint density at radius 1 is 1.21 bits per heavy atom. The van der Waals surface area contributed by atoms with Crippen LogP contribution in [0.5, 0.6) is 5.75 Å². The van der Waals surface area contributed by atoms with Crippen LogP contribution in [0.4, 0.5) is 0 Å². The molecule has 1 aliphatic heterocycles. The van der Waals surface area contributed by atoms with Gasteiger partial charge >= 0.3 is 0 Å². The molecule has 0 aromatic heterocycles. The average Bonchev–Trinajstić information content (AvgIpc) is 3.16. The van der Waals surface area contributed by atoms with Gasteiger partial charge in [0, 0.05) is 6.54 Å². The molecule has 0 spiro atoms. The predicted molar refractivity (Wildman–Crippen MR) is 118 cm³/mol. The number of rotatable bonds is 7. The van der Waals surface area contributed by atoms with Crippen molar-refractivity contribution >= 4 is 18.3 Å². The van der Waals surface area contributed by atoms with E-state index in [0.29, 0.717) is 19.4 Å². The van der Waals surface area contributed by atoms with Crippen LogP contribution in [0.2, 0.25) is 0 Å². The first-order valence-corrected chi connectivity index (χ1v) is 9.85. The summed E-state index contributed by atoms with van der Waals surface area (Å²) in [4.78, 5) is 12.9. The lowest BCUT2D eigenvalue weighted by atomic mass is 9.96. The summed E-state index contributed by atoms with van der Waals surface area (Å²) < 4.78 is 11.2. The van der Waals surface area contributed by atoms with Gasteiger partial charge in [-0.1, -0.05) is 41.5 Å². The van der Waals surface area contributed by atoms with Crippen LogP contribution in [-0.4, -0.2) is 31.8 Å². The monoisotopic (exact) mass is 418 g/mol. The first-order chi connectivity index (χ1) is 13.5. The Balaban J connectivity index is 0.00000300. The van der Waals surface area contributed by atoms with Crippen LogP contribution in [0.3, 0.4) is 0 Å². The van der Waals surface area contributed by atoms with Gasteiger partial charge in [-0.2, -0.15) is 0 Å². The highest BCUT2D eigenvalue weighted by Crippen LogP contribution is 2.25. The first-order valence-electron chi connectivity index (χ1n) is 9.85. The van der Waals surface area contributed by atoms with Crippen LogP contribution < -0.4 is 15.8 Å². The Morgan fingerprint density at radius 3 is 2.55 bits per heavy atom. The molecule has 1 aliphatic rings. The summed E-state index contributed by atoms with van der Waals surface area (Å²) in [6.45, 7) is 4.63. The minimum atomic E-state index is -0.430. The molecule has 0 bridgehead atoms. The van der Waals surface area contributed by atoms with Gasteiger partial charge in [-0.3, -0.25) is 4.79 Å². The molecular formula is C23H31ClN2O3. The molecule has 158 valence electrons. The molecule has 0 radical (unpaired) electrons. The Bertz CT molecular complexity index is 807. The average molecular weight is 419 g/mol. The number of ether oxygens (including phenoxy) is 2. The maximum atomic E-state index is 12.9. The lowest BCUT2D eigenvalue weighted by Gasteiger charge is -2.22. The Morgan fingerprint density at radius 2 is 1.93 bits per heavy atom. The minimum Gasteiger partial charge on any atom is -0.497 e. The fourth-order valence-corrected chi connectivity index (χ4v) is 3.87. The van der Waals surface area contributed by atoms with Crippen molar-refractivity contribution in [3.8, 4) is 5.75 Å². The summed E-state index contributed by atoms with van der Waals surface area (Å²) in [5, 5.41) is 3.20. The van der Waals surface area contributed by atoms with E-state index < -0.39 is 6.10 Å². The molecular weight excluding hydrogens is 388 g/mol. The number of hydrogen-bond acceptors (Lipinski definition) is 4. The van der Waals surface area contributed by atoms with Crippen molar-refractivity contribution in [2.24, 2.45) is 5.73 Å². The molecule has 6 heteroatoms. The number of hydrogen-bond donors (Lipinski definition) is 2. The van der Waals surface area contributed by atoms with Crippen molar-refractivity contribution in [3.63, 3.8) is 0 Å². The fourth-order valence-electron chi connectivity index (χ4n) is 3.87. The molecule has 2 aromatic carbocycles. The van der Waals surface area contributed by atoms with Crippen LogP contribution >= 0.6 is 12.4 Å².